The third kappa shape index (κ3) is 6.12. The first kappa shape index (κ1) is 19.9. The average Bonchev–Trinajstić information content (AvgIpc) is 3.22. The second-order valence-electron chi connectivity index (χ2n) is 7.51. The van der Waals surface area contributed by atoms with Crippen molar-refractivity contribution in [1.82, 2.24) is 0 Å². The fourth-order valence-electron chi connectivity index (χ4n) is 2.62. The first-order valence-electron chi connectivity index (χ1n) is 8.20. The van der Waals surface area contributed by atoms with E-state index in [0.29, 0.717) is 6.04 Å². The third-order valence-corrected chi connectivity index (χ3v) is 23.6. The molecule has 23 heavy (non-hydrogen) atoms. The molecule has 2 aliphatic rings. The summed E-state index contributed by atoms with van der Waals surface area (Å²) in [6.07, 6.45) is 5.10. The Labute approximate surface area is 156 Å². The van der Waals surface area contributed by atoms with E-state index in [9.17, 15) is 0 Å². The minimum atomic E-state index is -1.65. The van der Waals surface area contributed by atoms with Gasteiger partial charge in [0.25, 0.3) is 0 Å². The van der Waals surface area contributed by atoms with Crippen molar-refractivity contribution in [2.24, 2.45) is 5.92 Å². The Morgan fingerprint density at radius 3 is 2.17 bits per heavy atom. The fraction of sp³-hybridized carbons (Fsp3) is 0.556. The van der Waals surface area contributed by atoms with Crippen molar-refractivity contribution in [3.05, 3.63) is 46.3 Å². The van der Waals surface area contributed by atoms with Crippen LogP contribution in [0.3, 0.4) is 0 Å². The quantitative estimate of drug-likeness (QED) is 0.440. The van der Waals surface area contributed by atoms with E-state index in [0.717, 1.165) is 5.92 Å². The molecule has 0 radical (unpaired) electrons. The summed E-state index contributed by atoms with van der Waals surface area (Å²) >= 11 is -1.65. The molecule has 1 unspecified atom stereocenters. The van der Waals surface area contributed by atoms with Gasteiger partial charge in [-0.15, -0.1) is 5.54 Å². The zero-order valence-electron chi connectivity index (χ0n) is 14.7. The van der Waals surface area contributed by atoms with Crippen LogP contribution in [0.25, 0.3) is 11.4 Å². The summed E-state index contributed by atoms with van der Waals surface area (Å²) in [7, 11) is 11.2. The van der Waals surface area contributed by atoms with E-state index in [1.165, 1.54) is 24.0 Å². The average molecular weight is 447 g/mol. The summed E-state index contributed by atoms with van der Waals surface area (Å²) in [6, 6.07) is 9.03. The van der Waals surface area contributed by atoms with E-state index in [4.69, 9.17) is 22.3 Å². The van der Waals surface area contributed by atoms with E-state index in [1.807, 2.05) is 0 Å². The molecule has 3 rings (SSSR count). The Hall–Kier alpha value is 0.600. The molecule has 0 N–H and O–H groups in total. The van der Waals surface area contributed by atoms with Crippen molar-refractivity contribution in [2.75, 3.05) is 0 Å². The van der Waals surface area contributed by atoms with Gasteiger partial charge in [-0.25, -0.2) is 0 Å². The second kappa shape index (κ2) is 8.32. The van der Waals surface area contributed by atoms with Gasteiger partial charge in [0.05, 0.1) is 0 Å². The second-order valence-corrected chi connectivity index (χ2v) is 30.5. The molecule has 0 heterocycles. The van der Waals surface area contributed by atoms with Crippen LogP contribution in [0.1, 0.15) is 50.8 Å². The summed E-state index contributed by atoms with van der Waals surface area (Å²) in [5.41, 5.74) is 4.16. The first-order valence-corrected chi connectivity index (χ1v) is 20.7. The molecule has 126 valence electrons. The van der Waals surface area contributed by atoms with Crippen LogP contribution in [0, 0.1) is 5.92 Å². The molecule has 0 aromatic heterocycles. The number of nitrogens with zero attached hydrogens (tertiary/aromatic N) is 1. The molecule has 1 atom stereocenters. The predicted molar refractivity (Wildman–Crippen MR) is 102 cm³/mol. The van der Waals surface area contributed by atoms with Crippen LogP contribution in [0.4, 0.5) is 0 Å². The molecule has 2 aliphatic carbocycles. The van der Waals surface area contributed by atoms with Crippen LogP contribution in [0.5, 0.6) is 0 Å². The Morgan fingerprint density at radius 1 is 1.13 bits per heavy atom. The van der Waals surface area contributed by atoms with Gasteiger partial charge < -0.3 is 5.32 Å². The van der Waals surface area contributed by atoms with E-state index >= 15 is 0 Å². The van der Waals surface area contributed by atoms with Crippen molar-refractivity contribution in [1.29, 1.82) is 0 Å². The molecule has 1 aromatic rings. The van der Waals surface area contributed by atoms with Gasteiger partial charge in [-0.3, -0.25) is 0 Å². The zero-order valence-corrected chi connectivity index (χ0v) is 19.6. The van der Waals surface area contributed by atoms with Crippen molar-refractivity contribution in [3.63, 3.8) is 0 Å². The van der Waals surface area contributed by atoms with E-state index in [1.54, 1.807) is 5.57 Å². The first-order chi connectivity index (χ1) is 10.7. The molecule has 1 aromatic carbocycles. The summed E-state index contributed by atoms with van der Waals surface area (Å²) in [5.74, 6) is 0.804. The van der Waals surface area contributed by atoms with Gasteiger partial charge in [0, 0.05) is 0 Å². The molecular formula is C18H26Cl2NSiZr-. The van der Waals surface area contributed by atoms with Gasteiger partial charge in [-0.1, -0.05) is 68.3 Å². The van der Waals surface area contributed by atoms with Gasteiger partial charge in [0.2, 0.25) is 0 Å². The van der Waals surface area contributed by atoms with Crippen LogP contribution in [0.2, 0.25) is 13.1 Å². The molecule has 5 heteroatoms. The van der Waals surface area contributed by atoms with Gasteiger partial charge >= 0.3 is 53.5 Å². The standard InChI is InChI=1S/C16H20N.C2H6Si.2ClH.Zr/c1-16(2,3)17-15-13-7-5-4-6-12(13)10-14(15)11-8-9-11;1-3-2;;;/h4-7,10-11,15H,8-9H2,1-3H3;1-2H3;2*1H;/q-1;;;;+2/p-2. The van der Waals surface area contributed by atoms with Gasteiger partial charge in [0.15, 0.2) is 0 Å². The van der Waals surface area contributed by atoms with Gasteiger partial charge in [-0.05, 0) is 24.3 Å². The number of halogens is 2. The summed E-state index contributed by atoms with van der Waals surface area (Å²) in [5, 5.41) is 5.02. The van der Waals surface area contributed by atoms with Crippen molar-refractivity contribution < 1.29 is 18.0 Å². The molecule has 0 saturated heterocycles. The van der Waals surface area contributed by atoms with E-state index in [2.05, 4.69) is 64.2 Å². The third-order valence-electron chi connectivity index (χ3n) is 3.87. The molecule has 1 nitrogen and oxygen atoms in total. The van der Waals surface area contributed by atoms with Crippen LogP contribution < -0.4 is 0 Å². The van der Waals surface area contributed by atoms with Crippen LogP contribution in [0.15, 0.2) is 29.8 Å². The summed E-state index contributed by atoms with van der Waals surface area (Å²) in [4.78, 5) is 0. The molecule has 1 fully saturated rings. The number of benzene rings is 1. The number of hydrogen-bond acceptors (Lipinski definition) is 0. The van der Waals surface area contributed by atoms with Crippen LogP contribution in [-0.2, 0) is 18.0 Å². The van der Waals surface area contributed by atoms with Gasteiger partial charge in [0.1, 0.15) is 0 Å². The predicted octanol–water partition coefficient (Wildman–Crippen LogP) is 6.87. The monoisotopic (exact) mass is 444 g/mol. The number of hydrogen-bond donors (Lipinski definition) is 0. The van der Waals surface area contributed by atoms with Crippen molar-refractivity contribution in [3.8, 4) is 0 Å². The van der Waals surface area contributed by atoms with Crippen molar-refractivity contribution in [2.45, 2.75) is 58.3 Å². The molecule has 0 spiro atoms. The zero-order chi connectivity index (χ0) is 17.2. The Kier molecular flexibility index (Phi) is 7.21. The molecule has 0 amide bonds. The number of rotatable bonds is 2. The van der Waals surface area contributed by atoms with Crippen molar-refractivity contribution >= 4 is 28.5 Å². The Morgan fingerprint density at radius 2 is 1.70 bits per heavy atom. The maximum absolute atomic E-state index is 5.62. The molecule has 0 bridgehead atoms. The fourth-order valence-corrected chi connectivity index (χ4v) is 2.62. The number of fused-ring (bicyclic) bond motifs is 1. The molecule has 1 saturated carbocycles. The van der Waals surface area contributed by atoms with Crippen LogP contribution in [-0.4, -0.2) is 11.0 Å². The Balaban J connectivity index is 0.000000277. The minimum absolute atomic E-state index is 0.0378. The van der Waals surface area contributed by atoms with E-state index < -0.39 is 18.0 Å². The SMILES string of the molecule is CC(C)(C)[N-]C1C(C2CC2)=Cc2ccccc21.C[Si](C)=[Zr]([Cl])[Cl]. The van der Waals surface area contributed by atoms with Gasteiger partial charge in [-0.2, -0.15) is 0 Å². The normalized spacial score (nSPS) is 19.4. The molecular weight excluding hydrogens is 420 g/mol. The van der Waals surface area contributed by atoms with Crippen LogP contribution >= 0.6 is 17.0 Å². The van der Waals surface area contributed by atoms with E-state index in [-0.39, 0.29) is 11.0 Å². The molecule has 0 aliphatic heterocycles. The summed E-state index contributed by atoms with van der Waals surface area (Å²) < 4.78 is 0. The topological polar surface area (TPSA) is 14.1 Å². The summed E-state index contributed by atoms with van der Waals surface area (Å²) in [6.45, 7) is 10.9. The maximum atomic E-state index is 5.62. The Bertz CT molecular complexity index is 612.